The monoisotopic (exact) mass is 553 g/mol. The van der Waals surface area contributed by atoms with Crippen LogP contribution in [0, 0.1) is 0 Å². The van der Waals surface area contributed by atoms with Crippen molar-refractivity contribution in [2.75, 3.05) is 23.8 Å². The number of anilines is 3. The van der Waals surface area contributed by atoms with Crippen molar-refractivity contribution in [2.24, 2.45) is 0 Å². The summed E-state index contributed by atoms with van der Waals surface area (Å²) in [5.41, 5.74) is 3.60. The Kier molecular flexibility index (Phi) is 8.42. The molecule has 2 aromatic carbocycles. The molecule has 1 aliphatic heterocycles. The maximum absolute atomic E-state index is 12.7. The number of hydrogen-bond donors (Lipinski definition) is 2. The van der Waals surface area contributed by atoms with E-state index in [1.165, 1.54) is 0 Å². The predicted octanol–water partition coefficient (Wildman–Crippen LogP) is 3.09. The van der Waals surface area contributed by atoms with Crippen LogP contribution in [-0.4, -0.2) is 51.1 Å². The van der Waals surface area contributed by atoms with Crippen molar-refractivity contribution in [1.82, 2.24) is 15.3 Å². The quantitative estimate of drug-likeness (QED) is 0.331. The molecule has 9 heteroatoms. The van der Waals surface area contributed by atoms with Crippen LogP contribution < -0.4 is 24.4 Å². The summed E-state index contributed by atoms with van der Waals surface area (Å²) in [7, 11) is 1.82. The second-order valence-electron chi connectivity index (χ2n) is 8.44. The van der Waals surface area contributed by atoms with E-state index in [2.05, 4.69) is 22.5 Å². The molecule has 0 radical (unpaired) electrons. The summed E-state index contributed by atoms with van der Waals surface area (Å²) in [5.74, 6) is 0.532. The van der Waals surface area contributed by atoms with E-state index < -0.39 is 15.8 Å². The standard InChI is InChI=1S/C26H29AsClN5O2/c1-3-4-14-29-25(35)19-9-5-6-10-20(19)27-24-21(28)16-30-26(32-24)31-18-12-13-22-17(15-18)8-7-11-23(34)33(22)2/h5-6,9-10,12-13,15-16,27H,3-4,7-8,11,14H2,1-2H3,(H,29,35)(H,30,31,32). The van der Waals surface area contributed by atoms with Crippen LogP contribution in [0.25, 0.3) is 0 Å². The number of carbonyl (C=O) groups is 2. The van der Waals surface area contributed by atoms with Gasteiger partial charge >= 0.3 is 218 Å². The van der Waals surface area contributed by atoms with Crippen LogP contribution in [0.15, 0.2) is 48.7 Å². The van der Waals surface area contributed by atoms with Gasteiger partial charge in [-0.25, -0.2) is 0 Å². The number of nitrogens with zero attached hydrogens (tertiary/aromatic N) is 3. The van der Waals surface area contributed by atoms with Crippen molar-refractivity contribution in [1.29, 1.82) is 0 Å². The molecule has 0 bridgehead atoms. The molecular formula is C26H29AsClN5O2. The number of amides is 2. The molecule has 182 valence electrons. The van der Waals surface area contributed by atoms with E-state index in [0.717, 1.165) is 51.5 Å². The van der Waals surface area contributed by atoms with E-state index in [-0.39, 0.29) is 11.8 Å². The minimum atomic E-state index is -0.979. The van der Waals surface area contributed by atoms with Gasteiger partial charge in [0.2, 0.25) is 0 Å². The molecule has 1 aromatic heterocycles. The summed E-state index contributed by atoms with van der Waals surface area (Å²) in [6.45, 7) is 2.76. The molecular weight excluding hydrogens is 525 g/mol. The Morgan fingerprint density at radius 1 is 1.20 bits per heavy atom. The summed E-state index contributed by atoms with van der Waals surface area (Å²) in [6, 6.07) is 13.6. The number of rotatable bonds is 8. The van der Waals surface area contributed by atoms with Crippen LogP contribution in [0.4, 0.5) is 17.3 Å². The summed E-state index contributed by atoms with van der Waals surface area (Å²) in [4.78, 5) is 35.7. The van der Waals surface area contributed by atoms with Crippen molar-refractivity contribution in [2.45, 2.75) is 39.0 Å². The van der Waals surface area contributed by atoms with Crippen LogP contribution in [0.3, 0.4) is 0 Å². The first-order valence-corrected chi connectivity index (χ1v) is 14.3. The second-order valence-corrected chi connectivity index (χ2v) is 11.5. The SMILES string of the molecule is CCCCNC(=O)c1ccccc1[AsH]c1nc(Nc2ccc3c(c2)CCCC(=O)N3C)ncc1Cl. The molecule has 2 N–H and O–H groups in total. The zero-order valence-corrected chi connectivity index (χ0v) is 22.8. The summed E-state index contributed by atoms with van der Waals surface area (Å²) in [5, 5.41) is 6.78. The van der Waals surface area contributed by atoms with E-state index >= 15 is 0 Å². The number of halogens is 1. The number of aromatic nitrogens is 2. The minimum absolute atomic E-state index is 0.0604. The third-order valence-electron chi connectivity index (χ3n) is 5.89. The molecule has 0 saturated heterocycles. The van der Waals surface area contributed by atoms with Crippen molar-refractivity contribution >= 4 is 65.3 Å². The average Bonchev–Trinajstić information content (AvgIpc) is 2.99. The van der Waals surface area contributed by atoms with Crippen LogP contribution >= 0.6 is 11.6 Å². The van der Waals surface area contributed by atoms with Crippen LogP contribution in [0.5, 0.6) is 0 Å². The van der Waals surface area contributed by atoms with Gasteiger partial charge in [-0.15, -0.1) is 0 Å². The van der Waals surface area contributed by atoms with Gasteiger partial charge in [0.25, 0.3) is 0 Å². The topological polar surface area (TPSA) is 87.2 Å². The zero-order chi connectivity index (χ0) is 24.8. The molecule has 0 saturated carbocycles. The number of nitrogens with one attached hydrogen (secondary N) is 2. The number of benzene rings is 2. The Hall–Kier alpha value is -2.89. The first kappa shape index (κ1) is 25.2. The van der Waals surface area contributed by atoms with Gasteiger partial charge in [-0.1, -0.05) is 0 Å². The number of carbonyl (C=O) groups excluding carboxylic acids is 2. The number of aryl methyl sites for hydroxylation is 1. The predicted molar refractivity (Wildman–Crippen MR) is 143 cm³/mol. The molecule has 7 nitrogen and oxygen atoms in total. The van der Waals surface area contributed by atoms with Gasteiger partial charge in [-0.2, -0.15) is 0 Å². The molecule has 0 spiro atoms. The van der Waals surface area contributed by atoms with Gasteiger partial charge in [0.15, 0.2) is 0 Å². The van der Waals surface area contributed by atoms with Crippen LogP contribution in [0.2, 0.25) is 5.02 Å². The normalized spacial score (nSPS) is 13.6. The fraction of sp³-hybridized carbons (Fsp3) is 0.308. The second kappa shape index (κ2) is 11.7. The van der Waals surface area contributed by atoms with Gasteiger partial charge in [0.1, 0.15) is 0 Å². The third kappa shape index (κ3) is 6.22. The summed E-state index contributed by atoms with van der Waals surface area (Å²) in [6.07, 6.45) is 5.82. The number of hydrogen-bond acceptors (Lipinski definition) is 5. The molecule has 0 aliphatic carbocycles. The molecule has 1 aliphatic rings. The molecule has 1 unspecified atom stereocenters. The average molecular weight is 554 g/mol. The van der Waals surface area contributed by atoms with Crippen molar-refractivity contribution < 1.29 is 9.59 Å². The van der Waals surface area contributed by atoms with Crippen molar-refractivity contribution in [3.8, 4) is 0 Å². The Bertz CT molecular complexity index is 1240. The van der Waals surface area contributed by atoms with Crippen molar-refractivity contribution in [3.05, 3.63) is 64.8 Å². The molecule has 2 heterocycles. The first-order chi connectivity index (χ1) is 17.0. The molecule has 1 atom stereocenters. The molecule has 0 fully saturated rings. The zero-order valence-electron chi connectivity index (χ0n) is 19.9. The van der Waals surface area contributed by atoms with E-state index in [1.807, 2.05) is 49.5 Å². The van der Waals surface area contributed by atoms with E-state index in [4.69, 9.17) is 16.6 Å². The summed E-state index contributed by atoms with van der Waals surface area (Å²) < 4.78 is 1.74. The van der Waals surface area contributed by atoms with Gasteiger partial charge in [-0.3, -0.25) is 0 Å². The molecule has 35 heavy (non-hydrogen) atoms. The van der Waals surface area contributed by atoms with Crippen LogP contribution in [-0.2, 0) is 11.2 Å². The van der Waals surface area contributed by atoms with Crippen molar-refractivity contribution in [3.63, 3.8) is 0 Å². The number of unbranched alkanes of at least 4 members (excludes halogenated alkanes) is 1. The first-order valence-electron chi connectivity index (χ1n) is 11.8. The fourth-order valence-corrected chi connectivity index (χ4v) is 6.63. The van der Waals surface area contributed by atoms with E-state index in [0.29, 0.717) is 29.5 Å². The Morgan fingerprint density at radius 2 is 2.03 bits per heavy atom. The van der Waals surface area contributed by atoms with Gasteiger partial charge in [0.05, 0.1) is 0 Å². The van der Waals surface area contributed by atoms with Crippen LogP contribution in [0.1, 0.15) is 48.5 Å². The molecule has 4 rings (SSSR count). The number of fused-ring (bicyclic) bond motifs is 1. The van der Waals surface area contributed by atoms with E-state index in [1.54, 1.807) is 11.1 Å². The van der Waals surface area contributed by atoms with Gasteiger partial charge in [-0.05, 0) is 0 Å². The maximum atomic E-state index is 12.7. The van der Waals surface area contributed by atoms with E-state index in [9.17, 15) is 9.59 Å². The Morgan fingerprint density at radius 3 is 2.86 bits per heavy atom. The summed E-state index contributed by atoms with van der Waals surface area (Å²) >= 11 is 5.49. The molecule has 2 amide bonds. The molecule has 3 aromatic rings. The van der Waals surface area contributed by atoms with Gasteiger partial charge in [0, 0.05) is 0 Å². The fourth-order valence-electron chi connectivity index (χ4n) is 3.96. The Labute approximate surface area is 217 Å². The Balaban J connectivity index is 1.54. The third-order valence-corrected chi connectivity index (χ3v) is 9.28. The van der Waals surface area contributed by atoms with Gasteiger partial charge < -0.3 is 0 Å².